The number of carbonyl (C=O) groups is 2. The van der Waals surface area contributed by atoms with Crippen LogP contribution in [0.1, 0.15) is 55.3 Å². The average molecular weight is 414 g/mol. The molecule has 1 aromatic carbocycles. The van der Waals surface area contributed by atoms with E-state index in [1.807, 2.05) is 11.4 Å². The number of thiophene rings is 1. The lowest BCUT2D eigenvalue weighted by molar-refractivity contribution is -0.137. The van der Waals surface area contributed by atoms with Crippen molar-refractivity contribution in [2.45, 2.75) is 51.0 Å². The summed E-state index contributed by atoms with van der Waals surface area (Å²) in [4.78, 5) is 23.6. The number of carboxylic acid groups (broad SMARTS) is 1. The highest BCUT2D eigenvalue weighted by Gasteiger charge is 2.45. The molecule has 0 spiro atoms. The van der Waals surface area contributed by atoms with E-state index in [9.17, 15) is 14.7 Å². The lowest BCUT2D eigenvalue weighted by atomic mass is 9.58. The Balaban J connectivity index is 1.40. The number of rotatable bonds is 8. The zero-order chi connectivity index (χ0) is 20.4. The van der Waals surface area contributed by atoms with Crippen LogP contribution in [-0.2, 0) is 4.79 Å². The van der Waals surface area contributed by atoms with Crippen LogP contribution in [0.15, 0.2) is 35.7 Å². The van der Waals surface area contributed by atoms with Crippen molar-refractivity contribution in [2.75, 3.05) is 0 Å². The van der Waals surface area contributed by atoms with Crippen molar-refractivity contribution in [3.8, 4) is 5.75 Å². The topological polar surface area (TPSA) is 86.6 Å². The molecule has 1 aromatic heterocycles. The normalized spacial score (nSPS) is 25.8. The van der Waals surface area contributed by atoms with Gasteiger partial charge in [0, 0.05) is 27.9 Å². The number of benzene rings is 1. The fourth-order valence-corrected chi connectivity index (χ4v) is 5.81. The largest absolute Gasteiger partial charge is 0.508 e. The Hall–Kier alpha value is -2.34. The molecule has 3 aliphatic carbocycles. The maximum atomic E-state index is 13.0. The minimum atomic E-state index is -0.747. The Morgan fingerprint density at radius 3 is 2.83 bits per heavy atom. The molecule has 3 aliphatic rings. The van der Waals surface area contributed by atoms with Gasteiger partial charge in [-0.2, -0.15) is 0 Å². The number of allylic oxidation sites excluding steroid dienone is 2. The van der Waals surface area contributed by atoms with Gasteiger partial charge < -0.3 is 15.5 Å². The summed E-state index contributed by atoms with van der Waals surface area (Å²) in [5, 5.41) is 24.5. The van der Waals surface area contributed by atoms with E-state index in [4.69, 9.17) is 5.11 Å². The summed E-state index contributed by atoms with van der Waals surface area (Å²) in [7, 11) is 0. The number of phenols is 1. The van der Waals surface area contributed by atoms with Crippen molar-refractivity contribution in [1.29, 1.82) is 0 Å². The first-order valence-electron chi connectivity index (χ1n) is 10.4. The standard InChI is InChI=1S/C23H27NO4S/c25-17-7-8-20-18(12-17)19(13-29-20)23(28)24-22-15(9-14-10-16(22)11-14)5-3-1-2-4-6-21(26)27/h1,3,7-8,12-16,22,25H,2,4-6,9-11H2,(H,24,28)(H,26,27)/b3-1-/t14?,15-,16?,22+/m1/s1. The summed E-state index contributed by atoms with van der Waals surface area (Å²) in [6.07, 6.45) is 10.4. The highest BCUT2D eigenvalue weighted by molar-refractivity contribution is 7.17. The SMILES string of the molecule is O=C(O)CCC/C=C\C[C@@H]1CC2CC(C2)[C@H]1NC(=O)c1csc2ccc(O)cc12. The molecule has 1 heterocycles. The lowest BCUT2D eigenvalue weighted by Gasteiger charge is -2.51. The smallest absolute Gasteiger partial charge is 0.303 e. The van der Waals surface area contributed by atoms with Gasteiger partial charge in [0.1, 0.15) is 5.75 Å². The summed E-state index contributed by atoms with van der Waals surface area (Å²) >= 11 is 1.52. The molecule has 0 unspecified atom stereocenters. The molecular formula is C23H27NO4S. The van der Waals surface area contributed by atoms with E-state index >= 15 is 0 Å². The number of fused-ring (bicyclic) bond motifs is 3. The zero-order valence-electron chi connectivity index (χ0n) is 16.3. The average Bonchev–Trinajstić information content (AvgIpc) is 3.07. The fraction of sp³-hybridized carbons (Fsp3) is 0.478. The summed E-state index contributed by atoms with van der Waals surface area (Å²) in [5.41, 5.74) is 0.644. The Kier molecular flexibility index (Phi) is 5.90. The van der Waals surface area contributed by atoms with Crippen molar-refractivity contribution in [3.63, 3.8) is 0 Å². The molecule has 0 aliphatic heterocycles. The fourth-order valence-electron chi connectivity index (χ4n) is 4.89. The predicted molar refractivity (Wildman–Crippen MR) is 114 cm³/mol. The molecule has 5 nitrogen and oxygen atoms in total. The van der Waals surface area contributed by atoms with Crippen molar-refractivity contribution >= 4 is 33.3 Å². The van der Waals surface area contributed by atoms with E-state index < -0.39 is 5.97 Å². The van der Waals surface area contributed by atoms with Gasteiger partial charge in [0.05, 0.1) is 5.56 Å². The van der Waals surface area contributed by atoms with Gasteiger partial charge in [-0.05, 0) is 74.5 Å². The van der Waals surface area contributed by atoms with Crippen molar-refractivity contribution in [2.24, 2.45) is 17.8 Å². The quantitative estimate of drug-likeness (QED) is 0.422. The van der Waals surface area contributed by atoms with Crippen molar-refractivity contribution in [1.82, 2.24) is 5.32 Å². The molecule has 29 heavy (non-hydrogen) atoms. The molecule has 1 amide bonds. The summed E-state index contributed by atoms with van der Waals surface area (Å²) in [5.74, 6) is 1.16. The number of aliphatic carboxylic acids is 1. The molecule has 6 heteroatoms. The second kappa shape index (κ2) is 8.57. The van der Waals surface area contributed by atoms with Gasteiger partial charge in [-0.1, -0.05) is 12.2 Å². The highest BCUT2D eigenvalue weighted by atomic mass is 32.1. The molecule has 0 saturated heterocycles. The number of carboxylic acids is 1. The third kappa shape index (κ3) is 4.47. The second-order valence-corrected chi connectivity index (χ2v) is 9.33. The van der Waals surface area contributed by atoms with E-state index in [0.29, 0.717) is 23.8 Å². The van der Waals surface area contributed by atoms with E-state index in [0.717, 1.165) is 35.3 Å². The van der Waals surface area contributed by atoms with Crippen LogP contribution in [-0.4, -0.2) is 28.1 Å². The van der Waals surface area contributed by atoms with Crippen LogP contribution in [0.5, 0.6) is 5.75 Å². The number of nitrogens with one attached hydrogen (secondary N) is 1. The second-order valence-electron chi connectivity index (χ2n) is 8.42. The monoisotopic (exact) mass is 413 g/mol. The highest BCUT2D eigenvalue weighted by Crippen LogP contribution is 2.49. The van der Waals surface area contributed by atoms with Crippen LogP contribution in [0.25, 0.3) is 10.1 Å². The van der Waals surface area contributed by atoms with Gasteiger partial charge in [-0.3, -0.25) is 9.59 Å². The first-order valence-corrected chi connectivity index (χ1v) is 11.3. The third-order valence-electron chi connectivity index (χ3n) is 6.39. The van der Waals surface area contributed by atoms with Crippen molar-refractivity contribution in [3.05, 3.63) is 41.3 Å². The Morgan fingerprint density at radius 2 is 2.03 bits per heavy atom. The molecule has 154 valence electrons. The zero-order valence-corrected chi connectivity index (χ0v) is 17.2. The minimum absolute atomic E-state index is 0.0485. The summed E-state index contributed by atoms with van der Waals surface area (Å²) in [6.45, 7) is 0. The van der Waals surface area contributed by atoms with E-state index in [1.54, 1.807) is 12.1 Å². The number of amides is 1. The number of aromatic hydroxyl groups is 1. The van der Waals surface area contributed by atoms with Crippen LogP contribution >= 0.6 is 11.3 Å². The van der Waals surface area contributed by atoms with Gasteiger partial charge in [-0.15, -0.1) is 11.3 Å². The molecule has 3 N–H and O–H groups in total. The molecule has 3 fully saturated rings. The number of carbonyl (C=O) groups excluding carboxylic acids is 1. The number of unbranched alkanes of at least 4 members (excludes halogenated alkanes) is 1. The van der Waals surface area contributed by atoms with Crippen LogP contribution in [0.3, 0.4) is 0 Å². The molecule has 3 saturated carbocycles. The Bertz CT molecular complexity index is 928. The number of phenolic OH excluding ortho intramolecular Hbond substituents is 1. The van der Waals surface area contributed by atoms with Crippen LogP contribution < -0.4 is 5.32 Å². The Labute approximate surface area is 174 Å². The molecule has 5 rings (SSSR count). The first-order chi connectivity index (χ1) is 14.0. The van der Waals surface area contributed by atoms with Crippen LogP contribution in [0.2, 0.25) is 0 Å². The van der Waals surface area contributed by atoms with Gasteiger partial charge in [-0.25, -0.2) is 0 Å². The molecular weight excluding hydrogens is 386 g/mol. The van der Waals surface area contributed by atoms with Crippen molar-refractivity contribution < 1.29 is 19.8 Å². The maximum Gasteiger partial charge on any atom is 0.303 e. The molecule has 2 bridgehead atoms. The van der Waals surface area contributed by atoms with Gasteiger partial charge >= 0.3 is 5.97 Å². The predicted octanol–water partition coefficient (Wildman–Crippen LogP) is 4.95. The van der Waals surface area contributed by atoms with Gasteiger partial charge in [0.2, 0.25) is 0 Å². The Morgan fingerprint density at radius 1 is 1.21 bits per heavy atom. The molecule has 2 aromatic rings. The lowest BCUT2D eigenvalue weighted by Crippen LogP contribution is -2.54. The third-order valence-corrected chi connectivity index (χ3v) is 7.35. The maximum absolute atomic E-state index is 13.0. The van der Waals surface area contributed by atoms with Gasteiger partial charge in [0.15, 0.2) is 0 Å². The first kappa shape index (κ1) is 20.0. The number of hydrogen-bond donors (Lipinski definition) is 3. The van der Waals surface area contributed by atoms with Gasteiger partial charge in [0.25, 0.3) is 5.91 Å². The summed E-state index contributed by atoms with van der Waals surface area (Å²) in [6, 6.07) is 5.34. The molecule has 0 radical (unpaired) electrons. The van der Waals surface area contributed by atoms with E-state index in [1.165, 1.54) is 24.2 Å². The molecule has 2 atom stereocenters. The number of hydrogen-bond acceptors (Lipinski definition) is 4. The van der Waals surface area contributed by atoms with Crippen LogP contribution in [0.4, 0.5) is 0 Å². The van der Waals surface area contributed by atoms with E-state index in [-0.39, 0.29) is 24.1 Å². The van der Waals surface area contributed by atoms with E-state index in [2.05, 4.69) is 17.5 Å². The summed E-state index contributed by atoms with van der Waals surface area (Å²) < 4.78 is 1.00. The minimum Gasteiger partial charge on any atom is -0.508 e. The van der Waals surface area contributed by atoms with Crippen LogP contribution in [0, 0.1) is 17.8 Å².